The SMILES string of the molecule is O=C(Nc1cnn(CC2CC2)c1)c1ccn(COc2ccccc2)n1. The highest BCUT2D eigenvalue weighted by atomic mass is 16.5. The Kier molecular flexibility index (Phi) is 4.20. The number of aromatic nitrogens is 4. The Labute approximate surface area is 145 Å². The minimum atomic E-state index is -0.260. The molecule has 25 heavy (non-hydrogen) atoms. The average molecular weight is 337 g/mol. The van der Waals surface area contributed by atoms with Crippen molar-refractivity contribution in [2.75, 3.05) is 5.32 Å². The van der Waals surface area contributed by atoms with Gasteiger partial charge in [-0.3, -0.25) is 9.48 Å². The number of carbonyl (C=O) groups is 1. The van der Waals surface area contributed by atoms with Crippen LogP contribution in [0.3, 0.4) is 0 Å². The third kappa shape index (κ3) is 4.06. The lowest BCUT2D eigenvalue weighted by Gasteiger charge is -2.05. The molecular weight excluding hydrogens is 318 g/mol. The minimum Gasteiger partial charge on any atom is -0.471 e. The van der Waals surface area contributed by atoms with Crippen LogP contribution in [-0.4, -0.2) is 25.5 Å². The molecule has 0 bridgehead atoms. The van der Waals surface area contributed by atoms with Gasteiger partial charge in [0.25, 0.3) is 5.91 Å². The summed E-state index contributed by atoms with van der Waals surface area (Å²) in [4.78, 5) is 12.3. The molecular formula is C18H19N5O2. The molecule has 1 fully saturated rings. The van der Waals surface area contributed by atoms with Crippen molar-refractivity contribution in [2.45, 2.75) is 26.1 Å². The molecule has 1 aromatic carbocycles. The van der Waals surface area contributed by atoms with Crippen LogP contribution in [0, 0.1) is 5.92 Å². The maximum Gasteiger partial charge on any atom is 0.276 e. The van der Waals surface area contributed by atoms with Crippen molar-refractivity contribution < 1.29 is 9.53 Å². The van der Waals surface area contributed by atoms with Gasteiger partial charge in [-0.1, -0.05) is 18.2 Å². The molecule has 7 nitrogen and oxygen atoms in total. The summed E-state index contributed by atoms with van der Waals surface area (Å²) in [7, 11) is 0. The van der Waals surface area contributed by atoms with E-state index in [4.69, 9.17) is 4.74 Å². The zero-order valence-corrected chi connectivity index (χ0v) is 13.7. The van der Waals surface area contributed by atoms with Crippen LogP contribution in [0.25, 0.3) is 0 Å². The zero-order valence-electron chi connectivity index (χ0n) is 13.7. The number of rotatable bonds is 7. The van der Waals surface area contributed by atoms with Crippen LogP contribution in [0.15, 0.2) is 55.0 Å². The van der Waals surface area contributed by atoms with E-state index in [1.54, 1.807) is 23.1 Å². The minimum absolute atomic E-state index is 0.247. The van der Waals surface area contributed by atoms with Gasteiger partial charge in [-0.2, -0.15) is 10.2 Å². The second kappa shape index (κ2) is 6.80. The Morgan fingerprint density at radius 3 is 2.84 bits per heavy atom. The first-order chi connectivity index (χ1) is 12.3. The second-order valence-corrected chi connectivity index (χ2v) is 6.18. The number of benzene rings is 1. The van der Waals surface area contributed by atoms with Gasteiger partial charge in [0.15, 0.2) is 12.4 Å². The van der Waals surface area contributed by atoms with E-state index in [0.29, 0.717) is 11.4 Å². The number of nitrogens with one attached hydrogen (secondary N) is 1. The summed E-state index contributed by atoms with van der Waals surface area (Å²) in [5, 5.41) is 11.3. The molecule has 0 unspecified atom stereocenters. The molecule has 0 spiro atoms. The van der Waals surface area contributed by atoms with Crippen LogP contribution in [0.1, 0.15) is 23.3 Å². The highest BCUT2D eigenvalue weighted by Gasteiger charge is 2.22. The summed E-state index contributed by atoms with van der Waals surface area (Å²) >= 11 is 0. The Morgan fingerprint density at radius 1 is 1.20 bits per heavy atom. The number of para-hydroxylation sites is 1. The second-order valence-electron chi connectivity index (χ2n) is 6.18. The van der Waals surface area contributed by atoms with Crippen molar-refractivity contribution in [2.24, 2.45) is 5.92 Å². The summed E-state index contributed by atoms with van der Waals surface area (Å²) in [6.07, 6.45) is 7.77. The van der Waals surface area contributed by atoms with Crippen LogP contribution < -0.4 is 10.1 Å². The van der Waals surface area contributed by atoms with Crippen LogP contribution in [0.4, 0.5) is 5.69 Å². The summed E-state index contributed by atoms with van der Waals surface area (Å²) in [6.45, 7) is 1.16. The lowest BCUT2D eigenvalue weighted by atomic mass is 10.3. The molecule has 0 aliphatic heterocycles. The van der Waals surface area contributed by atoms with Gasteiger partial charge in [0.05, 0.1) is 11.9 Å². The number of hydrogen-bond acceptors (Lipinski definition) is 4. The van der Waals surface area contributed by atoms with Gasteiger partial charge in [-0.05, 0) is 37.0 Å². The molecule has 2 heterocycles. The van der Waals surface area contributed by atoms with Crippen molar-refractivity contribution in [3.63, 3.8) is 0 Å². The van der Waals surface area contributed by atoms with Crippen molar-refractivity contribution in [3.8, 4) is 5.75 Å². The van der Waals surface area contributed by atoms with E-state index in [9.17, 15) is 4.79 Å². The predicted molar refractivity (Wildman–Crippen MR) is 92.2 cm³/mol. The molecule has 2 aromatic heterocycles. The van der Waals surface area contributed by atoms with Gasteiger partial charge in [-0.15, -0.1) is 0 Å². The van der Waals surface area contributed by atoms with Gasteiger partial charge in [0, 0.05) is 18.9 Å². The molecule has 1 aliphatic carbocycles. The van der Waals surface area contributed by atoms with Gasteiger partial charge in [0.2, 0.25) is 0 Å². The molecule has 0 radical (unpaired) electrons. The third-order valence-electron chi connectivity index (χ3n) is 4.01. The smallest absolute Gasteiger partial charge is 0.276 e. The molecule has 1 aliphatic rings. The van der Waals surface area contributed by atoms with E-state index in [1.807, 2.05) is 41.2 Å². The van der Waals surface area contributed by atoms with Crippen molar-refractivity contribution in [1.29, 1.82) is 0 Å². The first kappa shape index (κ1) is 15.4. The summed E-state index contributed by atoms with van der Waals surface area (Å²) in [5.41, 5.74) is 1.02. The zero-order chi connectivity index (χ0) is 17.1. The number of anilines is 1. The van der Waals surface area contributed by atoms with Crippen molar-refractivity contribution in [1.82, 2.24) is 19.6 Å². The Hall–Kier alpha value is -3.09. The molecule has 1 N–H and O–H groups in total. The van der Waals surface area contributed by atoms with E-state index in [-0.39, 0.29) is 12.6 Å². The standard InChI is InChI=1S/C18H19N5O2/c24-18(20-15-10-19-23(12-15)11-14-6-7-14)17-8-9-22(21-17)13-25-16-4-2-1-3-5-16/h1-5,8-10,12,14H,6-7,11,13H2,(H,20,24). The quantitative estimate of drug-likeness (QED) is 0.719. The number of nitrogens with zero attached hydrogens (tertiary/aromatic N) is 4. The number of hydrogen-bond donors (Lipinski definition) is 1. The van der Waals surface area contributed by atoms with Crippen LogP contribution in [-0.2, 0) is 13.3 Å². The third-order valence-corrected chi connectivity index (χ3v) is 4.01. The molecule has 1 amide bonds. The first-order valence-electron chi connectivity index (χ1n) is 8.31. The number of carbonyl (C=O) groups excluding carboxylic acids is 1. The monoisotopic (exact) mass is 337 g/mol. The largest absolute Gasteiger partial charge is 0.471 e. The van der Waals surface area contributed by atoms with Gasteiger partial charge >= 0.3 is 0 Å². The fourth-order valence-corrected chi connectivity index (χ4v) is 2.50. The fraction of sp³-hybridized carbons (Fsp3) is 0.278. The molecule has 128 valence electrons. The van der Waals surface area contributed by atoms with E-state index in [0.717, 1.165) is 18.2 Å². The predicted octanol–water partition coefficient (Wildman–Crippen LogP) is 2.78. The molecule has 7 heteroatoms. The highest BCUT2D eigenvalue weighted by molar-refractivity contribution is 6.02. The average Bonchev–Trinajstić information content (AvgIpc) is 3.13. The number of amides is 1. The fourth-order valence-electron chi connectivity index (χ4n) is 2.50. The molecule has 1 saturated carbocycles. The lowest BCUT2D eigenvalue weighted by molar-refractivity contribution is 0.102. The van der Waals surface area contributed by atoms with E-state index in [1.165, 1.54) is 12.8 Å². The normalized spacial score (nSPS) is 13.6. The van der Waals surface area contributed by atoms with E-state index >= 15 is 0 Å². The van der Waals surface area contributed by atoms with E-state index < -0.39 is 0 Å². The summed E-state index contributed by atoms with van der Waals surface area (Å²) in [5.74, 6) is 1.24. The summed E-state index contributed by atoms with van der Waals surface area (Å²) < 4.78 is 9.06. The topological polar surface area (TPSA) is 74.0 Å². The van der Waals surface area contributed by atoms with Crippen molar-refractivity contribution in [3.05, 3.63) is 60.7 Å². The molecule has 4 rings (SSSR count). The maximum atomic E-state index is 12.3. The molecule has 0 saturated heterocycles. The van der Waals surface area contributed by atoms with Crippen molar-refractivity contribution >= 4 is 11.6 Å². The van der Waals surface area contributed by atoms with Gasteiger partial charge < -0.3 is 10.1 Å². The lowest BCUT2D eigenvalue weighted by Crippen LogP contribution is -2.14. The Morgan fingerprint density at radius 2 is 2.04 bits per heavy atom. The summed E-state index contributed by atoms with van der Waals surface area (Å²) in [6, 6.07) is 11.1. The Bertz CT molecular complexity index is 851. The number of ether oxygens (including phenoxy) is 1. The Balaban J connectivity index is 1.32. The van der Waals surface area contributed by atoms with Crippen LogP contribution >= 0.6 is 0 Å². The van der Waals surface area contributed by atoms with Gasteiger partial charge in [0.1, 0.15) is 5.75 Å². The first-order valence-corrected chi connectivity index (χ1v) is 8.31. The molecule has 3 aromatic rings. The van der Waals surface area contributed by atoms with E-state index in [2.05, 4.69) is 15.5 Å². The maximum absolute atomic E-state index is 12.3. The highest BCUT2D eigenvalue weighted by Crippen LogP contribution is 2.30. The molecule has 0 atom stereocenters. The van der Waals surface area contributed by atoms with Gasteiger partial charge in [-0.25, -0.2) is 4.68 Å². The van der Waals surface area contributed by atoms with Crippen LogP contribution in [0.2, 0.25) is 0 Å². The van der Waals surface area contributed by atoms with Crippen LogP contribution in [0.5, 0.6) is 5.75 Å².